The molecule has 1 N–H and O–H groups in total. The number of nitrogens with zero attached hydrogens (tertiary/aromatic N) is 1. The number of amides is 2. The Morgan fingerprint density at radius 2 is 2.16 bits per heavy atom. The van der Waals surface area contributed by atoms with Gasteiger partial charge in [-0.25, -0.2) is 0 Å². The molecule has 132 valence electrons. The zero-order valence-electron chi connectivity index (χ0n) is 14.4. The van der Waals surface area contributed by atoms with Gasteiger partial charge in [0.25, 0.3) is 0 Å². The summed E-state index contributed by atoms with van der Waals surface area (Å²) in [6.45, 7) is 2.72. The van der Waals surface area contributed by atoms with Gasteiger partial charge in [-0.3, -0.25) is 9.59 Å². The van der Waals surface area contributed by atoms with Crippen molar-refractivity contribution in [1.29, 1.82) is 0 Å². The average molecular weight is 342 g/mol. The maximum absolute atomic E-state index is 12.6. The third-order valence-electron chi connectivity index (χ3n) is 4.48. The second-order valence-electron chi connectivity index (χ2n) is 6.23. The molecule has 25 heavy (non-hydrogen) atoms. The molecule has 1 aliphatic rings. The minimum atomic E-state index is -0.348. The number of ether oxygens (including phenoxy) is 1. The lowest BCUT2D eigenvalue weighted by Crippen LogP contribution is -2.34. The van der Waals surface area contributed by atoms with E-state index in [1.54, 1.807) is 24.3 Å². The molecule has 1 saturated heterocycles. The van der Waals surface area contributed by atoms with Crippen molar-refractivity contribution >= 4 is 11.8 Å². The molecule has 1 aromatic heterocycles. The molecule has 2 atom stereocenters. The van der Waals surface area contributed by atoms with E-state index in [1.165, 1.54) is 0 Å². The second kappa shape index (κ2) is 7.42. The zero-order chi connectivity index (χ0) is 17.8. The van der Waals surface area contributed by atoms with E-state index >= 15 is 0 Å². The normalized spacial score (nSPS) is 18.2. The number of methoxy groups -OCH3 is 1. The van der Waals surface area contributed by atoms with Crippen molar-refractivity contribution in [2.75, 3.05) is 13.7 Å². The van der Waals surface area contributed by atoms with Gasteiger partial charge in [0.15, 0.2) is 0 Å². The van der Waals surface area contributed by atoms with E-state index in [2.05, 4.69) is 5.32 Å². The van der Waals surface area contributed by atoms with Crippen molar-refractivity contribution in [3.63, 3.8) is 0 Å². The van der Waals surface area contributed by atoms with Crippen LogP contribution >= 0.6 is 0 Å². The maximum Gasteiger partial charge on any atom is 0.225 e. The Morgan fingerprint density at radius 1 is 1.36 bits per heavy atom. The lowest BCUT2D eigenvalue weighted by Gasteiger charge is -2.19. The van der Waals surface area contributed by atoms with E-state index in [9.17, 15) is 9.59 Å². The number of hydrogen-bond acceptors (Lipinski definition) is 4. The van der Waals surface area contributed by atoms with Crippen molar-refractivity contribution in [2.24, 2.45) is 5.92 Å². The van der Waals surface area contributed by atoms with Gasteiger partial charge in [-0.15, -0.1) is 0 Å². The van der Waals surface area contributed by atoms with Crippen LogP contribution in [0.2, 0.25) is 0 Å². The maximum atomic E-state index is 12.6. The van der Waals surface area contributed by atoms with Crippen LogP contribution in [0.3, 0.4) is 0 Å². The summed E-state index contributed by atoms with van der Waals surface area (Å²) < 4.78 is 10.6. The molecule has 1 fully saturated rings. The van der Waals surface area contributed by atoms with Crippen LogP contribution in [0.1, 0.15) is 30.7 Å². The highest BCUT2D eigenvalue weighted by atomic mass is 16.5. The molecule has 0 aliphatic carbocycles. The zero-order valence-corrected chi connectivity index (χ0v) is 14.4. The number of likely N-dealkylation sites (tertiary alicyclic amines) is 1. The Balaban J connectivity index is 1.61. The van der Waals surface area contributed by atoms with Gasteiger partial charge >= 0.3 is 0 Å². The number of benzene rings is 1. The van der Waals surface area contributed by atoms with Gasteiger partial charge in [0.2, 0.25) is 11.8 Å². The van der Waals surface area contributed by atoms with Gasteiger partial charge in [0, 0.05) is 18.5 Å². The summed E-state index contributed by atoms with van der Waals surface area (Å²) in [6.07, 6.45) is 1.81. The third-order valence-corrected chi connectivity index (χ3v) is 4.48. The van der Waals surface area contributed by atoms with Gasteiger partial charge in [-0.2, -0.15) is 0 Å². The summed E-state index contributed by atoms with van der Waals surface area (Å²) >= 11 is 0. The van der Waals surface area contributed by atoms with E-state index in [0.29, 0.717) is 13.1 Å². The molecular formula is C19H22N2O4. The largest absolute Gasteiger partial charge is 0.496 e. The molecule has 0 radical (unpaired) electrons. The van der Waals surface area contributed by atoms with Crippen LogP contribution < -0.4 is 10.1 Å². The van der Waals surface area contributed by atoms with Crippen LogP contribution in [0.15, 0.2) is 47.1 Å². The fourth-order valence-electron chi connectivity index (χ4n) is 3.12. The van der Waals surface area contributed by atoms with E-state index in [4.69, 9.17) is 9.15 Å². The summed E-state index contributed by atoms with van der Waals surface area (Å²) in [5.74, 6) is 0.962. The number of furan rings is 1. The van der Waals surface area contributed by atoms with Crippen molar-refractivity contribution in [1.82, 2.24) is 10.2 Å². The fraction of sp³-hybridized carbons (Fsp3) is 0.368. The molecular weight excluding hydrogens is 320 g/mol. The van der Waals surface area contributed by atoms with Crippen LogP contribution in [-0.4, -0.2) is 30.4 Å². The van der Waals surface area contributed by atoms with Gasteiger partial charge < -0.3 is 19.4 Å². The number of carbonyl (C=O) groups is 2. The highest BCUT2D eigenvalue weighted by molar-refractivity contribution is 5.89. The molecule has 2 amide bonds. The Labute approximate surface area is 146 Å². The van der Waals surface area contributed by atoms with Gasteiger partial charge in [-0.05, 0) is 25.1 Å². The number of para-hydroxylation sites is 1. The second-order valence-corrected chi connectivity index (χ2v) is 6.23. The van der Waals surface area contributed by atoms with Crippen LogP contribution in [0.5, 0.6) is 5.75 Å². The highest BCUT2D eigenvalue weighted by Gasteiger charge is 2.35. The molecule has 0 unspecified atom stereocenters. The average Bonchev–Trinajstić information content (AvgIpc) is 3.25. The summed E-state index contributed by atoms with van der Waals surface area (Å²) in [5.41, 5.74) is 0.912. The molecule has 0 bridgehead atoms. The van der Waals surface area contributed by atoms with Gasteiger partial charge in [0.1, 0.15) is 11.5 Å². The number of carbonyl (C=O) groups excluding carboxylic acids is 2. The number of nitrogens with one attached hydrogen (secondary N) is 1. The lowest BCUT2D eigenvalue weighted by atomic mass is 10.0. The Morgan fingerprint density at radius 3 is 2.88 bits per heavy atom. The van der Waals surface area contributed by atoms with E-state index < -0.39 is 0 Å². The van der Waals surface area contributed by atoms with Crippen molar-refractivity contribution in [3.05, 3.63) is 54.0 Å². The Kier molecular flexibility index (Phi) is 5.07. The predicted molar refractivity (Wildman–Crippen MR) is 91.8 cm³/mol. The molecule has 1 aromatic carbocycles. The van der Waals surface area contributed by atoms with E-state index in [-0.39, 0.29) is 30.2 Å². The van der Waals surface area contributed by atoms with Gasteiger partial charge in [-0.1, -0.05) is 18.2 Å². The number of rotatable bonds is 6. The monoisotopic (exact) mass is 342 g/mol. The predicted octanol–water partition coefficient (Wildman–Crippen LogP) is 2.51. The minimum Gasteiger partial charge on any atom is -0.496 e. The topological polar surface area (TPSA) is 71.8 Å². The minimum absolute atomic E-state index is 0.0264. The van der Waals surface area contributed by atoms with Crippen molar-refractivity contribution < 1.29 is 18.7 Å². The first-order chi connectivity index (χ1) is 12.1. The lowest BCUT2D eigenvalue weighted by molar-refractivity contribution is -0.129. The smallest absolute Gasteiger partial charge is 0.225 e. The van der Waals surface area contributed by atoms with Crippen LogP contribution in [0.4, 0.5) is 0 Å². The molecule has 1 aliphatic heterocycles. The van der Waals surface area contributed by atoms with Crippen LogP contribution in [-0.2, 0) is 16.1 Å². The molecule has 6 heteroatoms. The first kappa shape index (κ1) is 17.1. The molecule has 2 aromatic rings. The van der Waals surface area contributed by atoms with Crippen molar-refractivity contribution in [3.8, 4) is 5.75 Å². The molecule has 0 spiro atoms. The third kappa shape index (κ3) is 3.84. The standard InChI is InChI=1S/C19H22N2O4/c1-13(16-7-3-4-8-17(16)24-2)20-19(23)14-10-18(22)21(11-14)12-15-6-5-9-25-15/h3-9,13-14H,10-12H2,1-2H3,(H,20,23)/t13-,14-/m1/s1. The Hall–Kier alpha value is -2.76. The fourth-order valence-corrected chi connectivity index (χ4v) is 3.12. The summed E-state index contributed by atoms with van der Waals surface area (Å²) in [4.78, 5) is 26.4. The Bertz CT molecular complexity index is 742. The first-order valence-electron chi connectivity index (χ1n) is 8.32. The molecule has 0 saturated carbocycles. The van der Waals surface area contributed by atoms with Crippen LogP contribution in [0, 0.1) is 5.92 Å². The van der Waals surface area contributed by atoms with E-state index in [0.717, 1.165) is 17.1 Å². The summed E-state index contributed by atoms with van der Waals surface area (Å²) in [7, 11) is 1.61. The number of hydrogen-bond donors (Lipinski definition) is 1. The molecule has 3 rings (SSSR count). The summed E-state index contributed by atoms with van der Waals surface area (Å²) in [6, 6.07) is 11.0. The van der Waals surface area contributed by atoms with Gasteiger partial charge in [0.05, 0.1) is 31.9 Å². The quantitative estimate of drug-likeness (QED) is 0.875. The first-order valence-corrected chi connectivity index (χ1v) is 8.32. The van der Waals surface area contributed by atoms with Crippen LogP contribution in [0.25, 0.3) is 0 Å². The van der Waals surface area contributed by atoms with E-state index in [1.807, 2.05) is 37.3 Å². The van der Waals surface area contributed by atoms with Crippen molar-refractivity contribution in [2.45, 2.75) is 25.9 Å². The molecule has 2 heterocycles. The molecule has 6 nitrogen and oxygen atoms in total. The SMILES string of the molecule is COc1ccccc1[C@@H](C)NC(=O)[C@@H]1CC(=O)N(Cc2ccco2)C1. The highest BCUT2D eigenvalue weighted by Crippen LogP contribution is 2.26. The summed E-state index contributed by atoms with van der Waals surface area (Å²) in [5, 5.41) is 2.99.